The Kier molecular flexibility index (Phi) is 7.89. The van der Waals surface area contributed by atoms with Crippen molar-refractivity contribution in [3.05, 3.63) is 99.5 Å². The molecule has 0 fully saturated rings. The number of fused-ring (bicyclic) bond motifs is 3. The van der Waals surface area contributed by atoms with Gasteiger partial charge in [0.1, 0.15) is 0 Å². The van der Waals surface area contributed by atoms with Gasteiger partial charge < -0.3 is 4.57 Å². The van der Waals surface area contributed by atoms with E-state index in [0.29, 0.717) is 10.0 Å². The summed E-state index contributed by atoms with van der Waals surface area (Å²) in [5.41, 5.74) is 9.96. The van der Waals surface area contributed by atoms with Gasteiger partial charge in [-0.05, 0) is 110 Å². The van der Waals surface area contributed by atoms with Crippen LogP contribution in [-0.4, -0.2) is 4.57 Å². The van der Waals surface area contributed by atoms with E-state index in [9.17, 15) is 0 Å². The van der Waals surface area contributed by atoms with Gasteiger partial charge in [-0.3, -0.25) is 0 Å². The Morgan fingerprint density at radius 3 is 1.42 bits per heavy atom. The van der Waals surface area contributed by atoms with Crippen LogP contribution in [-0.2, 0) is 16.2 Å². The Morgan fingerprint density at radius 1 is 0.512 bits per heavy atom. The summed E-state index contributed by atoms with van der Waals surface area (Å²) in [4.78, 5) is 0. The van der Waals surface area contributed by atoms with Gasteiger partial charge in [0, 0.05) is 26.5 Å². The second kappa shape index (κ2) is 10.7. The monoisotopic (exact) mass is 611 g/mol. The van der Waals surface area contributed by atoms with Crippen molar-refractivity contribution in [3.8, 4) is 16.8 Å². The lowest BCUT2D eigenvalue weighted by Crippen LogP contribution is -2.25. The Bertz CT molecular complexity index is 1740. The average Bonchev–Trinajstić information content (AvgIpc) is 3.18. The minimum atomic E-state index is -0.0526. The summed E-state index contributed by atoms with van der Waals surface area (Å²) in [7, 11) is 0. The van der Waals surface area contributed by atoms with Gasteiger partial charge in [0.15, 0.2) is 0 Å². The molecule has 0 aliphatic rings. The van der Waals surface area contributed by atoms with Crippen LogP contribution in [0.25, 0.3) is 38.6 Å². The van der Waals surface area contributed by atoms with E-state index in [0.717, 1.165) is 23.2 Å². The number of benzene rings is 4. The summed E-state index contributed by atoms with van der Waals surface area (Å²) in [5, 5.41) is 3.87. The van der Waals surface area contributed by atoms with Gasteiger partial charge in [0.05, 0.1) is 11.0 Å². The molecule has 43 heavy (non-hydrogen) atoms. The van der Waals surface area contributed by atoms with Gasteiger partial charge in [0.25, 0.3) is 0 Å². The molecule has 0 spiro atoms. The van der Waals surface area contributed by atoms with Crippen molar-refractivity contribution in [1.82, 2.24) is 4.57 Å². The van der Waals surface area contributed by atoms with Gasteiger partial charge in [-0.25, -0.2) is 0 Å². The van der Waals surface area contributed by atoms with Crippen molar-refractivity contribution < 1.29 is 0 Å². The summed E-state index contributed by atoms with van der Waals surface area (Å²) in [6, 6.07) is 26.9. The molecule has 0 saturated heterocycles. The molecule has 1 nitrogen and oxygen atoms in total. The van der Waals surface area contributed by atoms with Gasteiger partial charge in [-0.1, -0.05) is 118 Å². The molecule has 4 aromatic carbocycles. The minimum absolute atomic E-state index is 0.0526. The average molecular weight is 613 g/mol. The predicted molar refractivity (Wildman–Crippen MR) is 191 cm³/mol. The Balaban J connectivity index is 1.88. The van der Waals surface area contributed by atoms with Gasteiger partial charge in [-0.15, -0.1) is 0 Å². The highest BCUT2D eigenvalue weighted by Crippen LogP contribution is 2.42. The summed E-state index contributed by atoms with van der Waals surface area (Å²) < 4.78 is 2.45. The van der Waals surface area contributed by atoms with Crippen LogP contribution in [0.2, 0.25) is 10.0 Å². The van der Waals surface area contributed by atoms with E-state index in [4.69, 9.17) is 23.2 Å². The number of nitrogens with zero attached hydrogens (tertiary/aromatic N) is 1. The molecule has 0 aliphatic heterocycles. The Morgan fingerprint density at radius 2 is 0.977 bits per heavy atom. The van der Waals surface area contributed by atoms with Crippen molar-refractivity contribution in [1.29, 1.82) is 0 Å². The molecule has 0 atom stereocenters. The Hall–Kier alpha value is -2.74. The van der Waals surface area contributed by atoms with Crippen LogP contribution in [0.5, 0.6) is 0 Å². The molecule has 0 amide bonds. The number of hydrogen-bond acceptors (Lipinski definition) is 0. The zero-order chi connectivity index (χ0) is 31.7. The van der Waals surface area contributed by atoms with Crippen molar-refractivity contribution in [2.45, 2.75) is 98.8 Å². The fourth-order valence-electron chi connectivity index (χ4n) is 6.68. The van der Waals surface area contributed by atoms with Crippen molar-refractivity contribution in [2.24, 2.45) is 5.41 Å². The Labute approximate surface area is 269 Å². The van der Waals surface area contributed by atoms with Crippen LogP contribution < -0.4 is 0 Å². The van der Waals surface area contributed by atoms with Crippen LogP contribution in [0, 0.1) is 5.41 Å². The molecule has 3 heteroatoms. The fourth-order valence-corrected chi connectivity index (χ4v) is 7.21. The first kappa shape index (κ1) is 31.7. The van der Waals surface area contributed by atoms with Crippen molar-refractivity contribution in [3.63, 3.8) is 0 Å². The van der Waals surface area contributed by atoms with E-state index >= 15 is 0 Å². The predicted octanol–water partition coefficient (Wildman–Crippen LogP) is 13.1. The highest BCUT2D eigenvalue weighted by Gasteiger charge is 2.29. The van der Waals surface area contributed by atoms with Gasteiger partial charge >= 0.3 is 0 Å². The lowest BCUT2D eigenvalue weighted by Gasteiger charge is -2.33. The largest absolute Gasteiger partial charge is 0.309 e. The zero-order valence-electron chi connectivity index (χ0n) is 27.8. The molecule has 0 N–H and O–H groups in total. The molecular formula is C40H47Cl2N. The number of halogens is 2. The first-order valence-corrected chi connectivity index (χ1v) is 16.2. The number of hydrogen-bond donors (Lipinski definition) is 0. The summed E-state index contributed by atoms with van der Waals surface area (Å²) in [6.07, 6.45) is 1.05. The SMILES string of the molecule is CC(C)(C)CC(C)(C)c1cc(-c2cc(Cl)cc(Cl)c2)cc(-n2c3ccc(C(C)(C)C)cc3c3cc(C(C)(C)C)ccc32)c1. The van der Waals surface area contributed by atoms with Crippen molar-refractivity contribution in [2.75, 3.05) is 0 Å². The minimum Gasteiger partial charge on any atom is -0.309 e. The third-order valence-electron chi connectivity index (χ3n) is 8.62. The third kappa shape index (κ3) is 6.54. The quantitative estimate of drug-likeness (QED) is 0.190. The zero-order valence-corrected chi connectivity index (χ0v) is 29.4. The van der Waals surface area contributed by atoms with E-state index in [1.807, 2.05) is 12.1 Å². The highest BCUT2D eigenvalue weighted by atomic mass is 35.5. The third-order valence-corrected chi connectivity index (χ3v) is 9.06. The molecule has 0 unspecified atom stereocenters. The van der Waals surface area contributed by atoms with E-state index in [2.05, 4.69) is 135 Å². The van der Waals surface area contributed by atoms with Crippen molar-refractivity contribution >= 4 is 45.0 Å². The van der Waals surface area contributed by atoms with E-state index in [-0.39, 0.29) is 21.7 Å². The first-order valence-electron chi connectivity index (χ1n) is 15.4. The molecular weight excluding hydrogens is 565 g/mol. The fraction of sp³-hybridized carbons (Fsp3) is 0.400. The normalized spacial score (nSPS) is 13.3. The number of aromatic nitrogens is 1. The van der Waals surface area contributed by atoms with E-state index in [1.165, 1.54) is 38.5 Å². The number of rotatable bonds is 4. The maximum Gasteiger partial charge on any atom is 0.0541 e. The van der Waals surface area contributed by atoms with Crippen LogP contribution in [0.15, 0.2) is 72.8 Å². The maximum absolute atomic E-state index is 6.53. The first-order chi connectivity index (χ1) is 19.7. The molecule has 0 aliphatic carbocycles. The summed E-state index contributed by atoms with van der Waals surface area (Å²) in [6.45, 7) is 25.4. The van der Waals surface area contributed by atoms with Crippen LogP contribution in [0.1, 0.15) is 99.3 Å². The van der Waals surface area contributed by atoms with E-state index in [1.54, 1.807) is 6.07 Å². The second-order valence-corrected chi connectivity index (χ2v) is 17.2. The lowest BCUT2D eigenvalue weighted by atomic mass is 9.72. The molecule has 5 rings (SSSR count). The maximum atomic E-state index is 6.53. The molecule has 0 saturated carbocycles. The summed E-state index contributed by atoms with van der Waals surface area (Å²) >= 11 is 13.1. The molecule has 1 heterocycles. The van der Waals surface area contributed by atoms with Crippen LogP contribution in [0.4, 0.5) is 0 Å². The molecule has 5 aromatic rings. The topological polar surface area (TPSA) is 4.93 Å². The molecule has 226 valence electrons. The van der Waals surface area contributed by atoms with Crippen LogP contribution >= 0.6 is 23.2 Å². The highest BCUT2D eigenvalue weighted by molar-refractivity contribution is 6.35. The standard InChI is InChI=1S/C40H47Cl2N/c1-37(2,3)24-40(10,11)29-16-25(26-17-30(41)23-31(42)18-26)19-32(20-29)43-35-14-12-27(38(4,5)6)21-33(35)34-22-28(39(7,8)9)13-15-36(34)43/h12-23H,24H2,1-11H3. The van der Waals surface area contributed by atoms with E-state index < -0.39 is 0 Å². The molecule has 0 radical (unpaired) electrons. The molecule has 0 bridgehead atoms. The lowest BCUT2D eigenvalue weighted by molar-refractivity contribution is 0.284. The van der Waals surface area contributed by atoms with Gasteiger partial charge in [-0.2, -0.15) is 0 Å². The second-order valence-electron chi connectivity index (χ2n) is 16.3. The summed E-state index contributed by atoms with van der Waals surface area (Å²) in [5.74, 6) is 0. The van der Waals surface area contributed by atoms with Gasteiger partial charge in [0.2, 0.25) is 0 Å². The smallest absolute Gasteiger partial charge is 0.0541 e. The molecule has 1 aromatic heterocycles. The van der Waals surface area contributed by atoms with Crippen LogP contribution in [0.3, 0.4) is 0 Å².